The predicted molar refractivity (Wildman–Crippen MR) is 16.8 cm³/mol. The summed E-state index contributed by atoms with van der Waals surface area (Å²) in [4.78, 5) is 0. The maximum atomic E-state index is 9.10. The molecule has 0 aliphatic heterocycles. The van der Waals surface area contributed by atoms with Crippen LogP contribution in [0.2, 0.25) is 0 Å². The van der Waals surface area contributed by atoms with Crippen molar-refractivity contribution in [2.24, 2.45) is 0 Å². The summed E-state index contributed by atoms with van der Waals surface area (Å²) in [6, 6.07) is 0. The van der Waals surface area contributed by atoms with E-state index in [0.29, 0.717) is 15.8 Å². The topological polar surface area (TPSA) is 34.1 Å². The summed E-state index contributed by atoms with van der Waals surface area (Å²) in [5.41, 5.74) is 0. The first-order chi connectivity index (χ1) is 1.73. The molecule has 0 aliphatic rings. The van der Waals surface area contributed by atoms with E-state index in [1.54, 1.807) is 0 Å². The van der Waals surface area contributed by atoms with Gasteiger partial charge in [0, 0.05) is 41.7 Å². The smallest absolute Gasteiger partial charge is 0.264 e. The van der Waals surface area contributed by atoms with E-state index in [1.165, 1.54) is 0 Å². The van der Waals surface area contributed by atoms with Crippen molar-refractivity contribution >= 4 is 22.2 Å². The molecule has 0 radical (unpaired) electrons. The van der Waals surface area contributed by atoms with Crippen LogP contribution in [0.3, 0.4) is 0 Å². The van der Waals surface area contributed by atoms with Crippen LogP contribution in [0.25, 0.3) is 0 Å². The summed E-state index contributed by atoms with van der Waals surface area (Å²) in [5.74, 6) is 0. The Morgan fingerprint density at radius 3 is 1.40 bits per heavy atom. The summed E-state index contributed by atoms with van der Waals surface area (Å²) >= 11 is 0.302. The van der Waals surface area contributed by atoms with Crippen molar-refractivity contribution < 1.29 is 50.9 Å². The third-order valence-electron chi connectivity index (χ3n) is 0. The van der Waals surface area contributed by atoms with Crippen molar-refractivity contribution in [1.82, 2.24) is 0 Å². The maximum Gasteiger partial charge on any atom is 0.421 e. The molecule has 0 aliphatic carbocycles. The summed E-state index contributed by atoms with van der Waals surface area (Å²) in [6.07, 6.45) is -1.98. The first-order valence-electron chi connectivity index (χ1n) is 0.812. The van der Waals surface area contributed by atoms with Gasteiger partial charge in [0.05, 0.1) is 0 Å². The van der Waals surface area contributed by atoms with Gasteiger partial charge in [-0.15, -0.1) is 0 Å². The van der Waals surface area contributed by atoms with E-state index >= 15 is 0 Å². The molecule has 0 aromatic rings. The fourth-order valence-corrected chi connectivity index (χ4v) is 0. The number of hydrogen-bond donors (Lipinski definition) is 0. The molecule has 0 N–H and O–H groups in total. The Balaban J connectivity index is 0. The van der Waals surface area contributed by atoms with Gasteiger partial charge in [0.25, 0.3) is 0 Å². The molecule has 0 unspecified atom stereocenters. The molecule has 0 bridgehead atoms. The first-order valence-corrected chi connectivity index (χ1v) is 5.12. The minimum Gasteiger partial charge on any atom is -0.264 e. The molecule has 5 heavy (non-hydrogen) atoms. The van der Waals surface area contributed by atoms with Crippen molar-refractivity contribution in [3.05, 3.63) is 0 Å². The Morgan fingerprint density at radius 2 is 1.40 bits per heavy atom. The van der Waals surface area contributed by atoms with Crippen molar-refractivity contribution in [1.29, 1.82) is 0 Å². The van der Waals surface area contributed by atoms with Crippen molar-refractivity contribution in [3.8, 4) is 0 Å². The molecule has 0 saturated carbocycles. The van der Waals surface area contributed by atoms with Crippen molar-refractivity contribution in [2.45, 2.75) is 0 Å². The third-order valence-corrected chi connectivity index (χ3v) is 0. The second-order valence-electron chi connectivity index (χ2n) is 0.440. The molecule has 0 atom stereocenters. The minimum atomic E-state index is -1.98. The molecule has 0 saturated heterocycles. The van der Waals surface area contributed by atoms with Crippen LogP contribution in [0.5, 0.6) is 0 Å². The summed E-state index contributed by atoms with van der Waals surface area (Å²) in [6.45, 7) is 0. The molecular formula is H2AlCeO2P. The largest absolute Gasteiger partial charge is 0.421 e. The average Bonchev–Trinajstić information content (AvgIpc) is 0.811. The van der Waals surface area contributed by atoms with Gasteiger partial charge in [-0.1, -0.05) is 0 Å². The Labute approximate surface area is 71.9 Å². The van der Waals surface area contributed by atoms with Gasteiger partial charge in [-0.2, -0.15) is 0 Å². The quantitative estimate of drug-likeness (QED) is 0.424. The third kappa shape index (κ3) is 25.8. The fraction of sp³-hybridized carbons (Fsp3) is 0. The molecule has 0 aromatic heterocycles. The van der Waals surface area contributed by atoms with Crippen LogP contribution in [0.1, 0.15) is 0 Å². The van der Waals surface area contributed by atoms with Gasteiger partial charge in [0.1, 0.15) is 0 Å². The van der Waals surface area contributed by atoms with E-state index in [1.807, 2.05) is 0 Å². The van der Waals surface area contributed by atoms with Gasteiger partial charge < -0.3 is 0 Å². The van der Waals surface area contributed by atoms with Gasteiger partial charge in [0.15, 0.2) is 6.33 Å². The fourth-order valence-electron chi connectivity index (χ4n) is 0. The SMILES string of the molecule is O=[P](=O)[AlH2].[Ce]. The van der Waals surface area contributed by atoms with Crippen molar-refractivity contribution in [2.75, 3.05) is 0 Å². The van der Waals surface area contributed by atoms with Crippen molar-refractivity contribution in [3.63, 3.8) is 0 Å². The Hall–Kier alpha value is 1.81. The normalized spacial score (nSPS) is 4.80. The zero-order valence-corrected chi connectivity index (χ0v) is 8.80. The molecule has 2 nitrogen and oxygen atoms in total. The van der Waals surface area contributed by atoms with Crippen LogP contribution in [-0.4, -0.2) is 15.8 Å². The Kier molecular flexibility index (Phi) is 11.5. The summed E-state index contributed by atoms with van der Waals surface area (Å²) < 4.78 is 18.2. The van der Waals surface area contributed by atoms with Crippen LogP contribution in [0, 0.1) is 41.7 Å². The number of hydrogen-bond acceptors (Lipinski definition) is 2. The maximum absolute atomic E-state index is 9.10. The zero-order valence-electron chi connectivity index (χ0n) is 2.76. The van der Waals surface area contributed by atoms with E-state index < -0.39 is 6.33 Å². The van der Waals surface area contributed by atoms with E-state index in [9.17, 15) is 0 Å². The van der Waals surface area contributed by atoms with E-state index in [0.717, 1.165) is 0 Å². The molecule has 26 valence electrons. The molecule has 5 heteroatoms. The van der Waals surface area contributed by atoms with Gasteiger partial charge in [-0.25, -0.2) is 0 Å². The first kappa shape index (κ1) is 9.94. The van der Waals surface area contributed by atoms with E-state index in [4.69, 9.17) is 9.13 Å². The molecule has 0 amide bonds. The van der Waals surface area contributed by atoms with Crippen LogP contribution < -0.4 is 0 Å². The zero-order chi connectivity index (χ0) is 3.58. The second-order valence-corrected chi connectivity index (χ2v) is 3.51. The van der Waals surface area contributed by atoms with Gasteiger partial charge >= 0.3 is 15.8 Å². The van der Waals surface area contributed by atoms with Crippen LogP contribution >= 0.6 is 6.33 Å². The molecule has 0 aromatic carbocycles. The number of rotatable bonds is 0. The van der Waals surface area contributed by atoms with Gasteiger partial charge in [0.2, 0.25) is 0 Å². The van der Waals surface area contributed by atoms with Crippen LogP contribution in [0.15, 0.2) is 0 Å². The standard InChI is InChI=1S/Al.Ce.O2P.2H/c;;1-3-2;;. The van der Waals surface area contributed by atoms with Crippen LogP contribution in [-0.2, 0) is 9.13 Å². The monoisotopic (exact) mass is 232 g/mol. The van der Waals surface area contributed by atoms with Gasteiger partial charge in [-0.05, 0) is 0 Å². The Bertz CT molecular complexity index is 58.0. The molecule has 0 heterocycles. The minimum absolute atomic E-state index is 0. The van der Waals surface area contributed by atoms with E-state index in [-0.39, 0.29) is 41.7 Å². The summed E-state index contributed by atoms with van der Waals surface area (Å²) in [7, 11) is 0. The summed E-state index contributed by atoms with van der Waals surface area (Å²) in [5, 5.41) is 0. The van der Waals surface area contributed by atoms with E-state index in [2.05, 4.69) is 0 Å². The molecule has 0 rings (SSSR count). The predicted octanol–water partition coefficient (Wildman–Crippen LogP) is -0.293. The molecule has 0 spiro atoms. The second kappa shape index (κ2) is 5.81. The molecular weight excluding hydrogens is 230 g/mol. The molecule has 0 fully saturated rings. The Morgan fingerprint density at radius 1 is 1.40 bits per heavy atom. The van der Waals surface area contributed by atoms with Gasteiger partial charge in [-0.3, -0.25) is 9.13 Å². The van der Waals surface area contributed by atoms with Crippen LogP contribution in [0.4, 0.5) is 0 Å². The average molecular weight is 232 g/mol.